The van der Waals surface area contributed by atoms with Gasteiger partial charge in [-0.05, 0) is 18.6 Å². The Morgan fingerprint density at radius 1 is 1.56 bits per heavy atom. The third kappa shape index (κ3) is 2.43. The standard InChI is InChI=1S/C14H18N2O2/c1-10(18-3)15-9-13-8-12-6-4-5-7-14(12)16(13)11(2)17/h4-7,9-10,13H,8H2,1-3H3/t10?,13-/m0/s1. The minimum absolute atomic E-state index is 0.00231. The van der Waals surface area contributed by atoms with Crippen molar-refractivity contribution < 1.29 is 9.53 Å². The number of carbonyl (C=O) groups excluding carboxylic acids is 1. The first-order valence-corrected chi connectivity index (χ1v) is 6.07. The normalized spacial score (nSPS) is 20.2. The first-order chi connectivity index (χ1) is 8.63. The molecule has 4 nitrogen and oxygen atoms in total. The summed E-state index contributed by atoms with van der Waals surface area (Å²) in [6.07, 6.45) is 2.45. The molecule has 96 valence electrons. The topological polar surface area (TPSA) is 41.9 Å². The van der Waals surface area contributed by atoms with Crippen molar-refractivity contribution in [3.63, 3.8) is 0 Å². The Morgan fingerprint density at radius 2 is 2.28 bits per heavy atom. The van der Waals surface area contributed by atoms with E-state index in [-0.39, 0.29) is 18.2 Å². The van der Waals surface area contributed by atoms with Gasteiger partial charge in [0, 0.05) is 32.4 Å². The van der Waals surface area contributed by atoms with Gasteiger partial charge in [-0.2, -0.15) is 0 Å². The first kappa shape index (κ1) is 12.8. The minimum Gasteiger partial charge on any atom is -0.360 e. The minimum atomic E-state index is -0.178. The molecule has 1 aromatic rings. The molecule has 0 aromatic heterocycles. The van der Waals surface area contributed by atoms with Gasteiger partial charge >= 0.3 is 0 Å². The van der Waals surface area contributed by atoms with E-state index in [2.05, 4.69) is 11.1 Å². The van der Waals surface area contributed by atoms with E-state index in [4.69, 9.17) is 4.74 Å². The van der Waals surface area contributed by atoms with Crippen molar-refractivity contribution in [3.05, 3.63) is 29.8 Å². The van der Waals surface area contributed by atoms with Crippen LogP contribution in [0, 0.1) is 0 Å². The average molecular weight is 246 g/mol. The van der Waals surface area contributed by atoms with E-state index in [0.717, 1.165) is 12.1 Å². The Balaban J connectivity index is 2.24. The van der Waals surface area contributed by atoms with E-state index in [1.165, 1.54) is 5.56 Å². The lowest BCUT2D eigenvalue weighted by atomic mass is 10.1. The van der Waals surface area contributed by atoms with E-state index in [1.54, 1.807) is 18.9 Å². The summed E-state index contributed by atoms with van der Waals surface area (Å²) >= 11 is 0. The van der Waals surface area contributed by atoms with E-state index in [0.29, 0.717) is 0 Å². The van der Waals surface area contributed by atoms with Crippen molar-refractivity contribution in [2.24, 2.45) is 4.99 Å². The zero-order valence-electron chi connectivity index (χ0n) is 11.0. The molecule has 1 aromatic carbocycles. The monoisotopic (exact) mass is 246 g/mol. The number of ether oxygens (including phenoxy) is 1. The number of nitrogens with zero attached hydrogens (tertiary/aromatic N) is 2. The molecule has 0 fully saturated rings. The number of hydrogen-bond donors (Lipinski definition) is 0. The number of amides is 1. The maximum absolute atomic E-state index is 11.8. The smallest absolute Gasteiger partial charge is 0.224 e. The van der Waals surface area contributed by atoms with Crippen LogP contribution in [-0.4, -0.2) is 31.5 Å². The molecular weight excluding hydrogens is 228 g/mol. The fourth-order valence-corrected chi connectivity index (χ4v) is 2.22. The van der Waals surface area contributed by atoms with Crippen molar-refractivity contribution in [3.8, 4) is 0 Å². The third-order valence-corrected chi connectivity index (χ3v) is 3.16. The number of benzene rings is 1. The summed E-state index contributed by atoms with van der Waals surface area (Å²) in [5, 5.41) is 0. The number of carbonyl (C=O) groups is 1. The molecule has 0 radical (unpaired) electrons. The predicted molar refractivity (Wildman–Crippen MR) is 72.1 cm³/mol. The Bertz CT molecular complexity index is 471. The summed E-state index contributed by atoms with van der Waals surface area (Å²) in [5.41, 5.74) is 2.18. The van der Waals surface area contributed by atoms with Gasteiger partial charge < -0.3 is 9.64 Å². The number of rotatable bonds is 3. The first-order valence-electron chi connectivity index (χ1n) is 6.07. The number of methoxy groups -OCH3 is 1. The highest BCUT2D eigenvalue weighted by Crippen LogP contribution is 2.31. The summed E-state index contributed by atoms with van der Waals surface area (Å²) in [7, 11) is 1.62. The quantitative estimate of drug-likeness (QED) is 0.766. The van der Waals surface area contributed by atoms with E-state index < -0.39 is 0 Å². The molecular formula is C14H18N2O2. The highest BCUT2D eigenvalue weighted by molar-refractivity contribution is 5.99. The lowest BCUT2D eigenvalue weighted by Gasteiger charge is -2.21. The fraction of sp³-hybridized carbons (Fsp3) is 0.429. The lowest BCUT2D eigenvalue weighted by Crippen LogP contribution is -2.37. The molecule has 2 atom stereocenters. The molecule has 0 saturated carbocycles. The molecule has 1 aliphatic heterocycles. The number of aliphatic imine (C=N–C) groups is 1. The Hall–Kier alpha value is -1.68. The van der Waals surface area contributed by atoms with Crippen molar-refractivity contribution in [2.45, 2.75) is 32.5 Å². The summed E-state index contributed by atoms with van der Waals surface area (Å²) in [5.74, 6) is 0.0430. The zero-order chi connectivity index (χ0) is 13.1. The van der Waals surface area contributed by atoms with Gasteiger partial charge in [0.2, 0.25) is 5.91 Å². The lowest BCUT2D eigenvalue weighted by molar-refractivity contribution is -0.116. The van der Waals surface area contributed by atoms with E-state index in [9.17, 15) is 4.79 Å². The molecule has 0 aliphatic carbocycles. The summed E-state index contributed by atoms with van der Waals surface area (Å²) < 4.78 is 5.08. The fourth-order valence-electron chi connectivity index (χ4n) is 2.22. The largest absolute Gasteiger partial charge is 0.360 e. The number of fused-ring (bicyclic) bond motifs is 1. The average Bonchev–Trinajstić information content (AvgIpc) is 2.74. The van der Waals surface area contributed by atoms with Crippen LogP contribution >= 0.6 is 0 Å². The van der Waals surface area contributed by atoms with Gasteiger partial charge in [-0.25, -0.2) is 0 Å². The number of para-hydroxylation sites is 1. The predicted octanol–water partition coefficient (Wildman–Crippen LogP) is 2.03. The van der Waals surface area contributed by atoms with Crippen LogP contribution in [-0.2, 0) is 16.0 Å². The van der Waals surface area contributed by atoms with Crippen LogP contribution < -0.4 is 4.90 Å². The number of hydrogen-bond acceptors (Lipinski definition) is 3. The van der Waals surface area contributed by atoms with Crippen LogP contribution in [0.4, 0.5) is 5.69 Å². The number of anilines is 1. The molecule has 0 N–H and O–H groups in total. The van der Waals surface area contributed by atoms with Crippen LogP contribution in [0.25, 0.3) is 0 Å². The molecule has 4 heteroatoms. The highest BCUT2D eigenvalue weighted by atomic mass is 16.5. The maximum Gasteiger partial charge on any atom is 0.224 e. The highest BCUT2D eigenvalue weighted by Gasteiger charge is 2.30. The molecule has 1 heterocycles. The molecule has 1 aliphatic rings. The van der Waals surface area contributed by atoms with E-state index in [1.807, 2.05) is 31.3 Å². The van der Waals surface area contributed by atoms with Gasteiger partial charge in [0.15, 0.2) is 0 Å². The van der Waals surface area contributed by atoms with Gasteiger partial charge in [0.1, 0.15) is 6.23 Å². The second kappa shape index (κ2) is 5.31. The summed E-state index contributed by atoms with van der Waals surface area (Å²) in [6.45, 7) is 3.46. The maximum atomic E-state index is 11.8. The Kier molecular flexibility index (Phi) is 3.77. The second-order valence-corrected chi connectivity index (χ2v) is 4.42. The zero-order valence-corrected chi connectivity index (χ0v) is 11.0. The van der Waals surface area contributed by atoms with E-state index >= 15 is 0 Å². The van der Waals surface area contributed by atoms with Gasteiger partial charge in [0.05, 0.1) is 6.04 Å². The SMILES string of the molecule is COC(C)N=C[C@@H]1Cc2ccccc2N1C(C)=O. The van der Waals surface area contributed by atoms with Crippen LogP contribution in [0.3, 0.4) is 0 Å². The van der Waals surface area contributed by atoms with Crippen LogP contribution in [0.1, 0.15) is 19.4 Å². The second-order valence-electron chi connectivity index (χ2n) is 4.42. The van der Waals surface area contributed by atoms with Crippen molar-refractivity contribution in [1.82, 2.24) is 0 Å². The summed E-state index contributed by atoms with van der Waals surface area (Å²) in [4.78, 5) is 17.9. The van der Waals surface area contributed by atoms with Gasteiger partial charge in [-0.3, -0.25) is 9.79 Å². The molecule has 0 saturated heterocycles. The molecule has 0 bridgehead atoms. The van der Waals surface area contributed by atoms with Crippen molar-refractivity contribution >= 4 is 17.8 Å². The van der Waals surface area contributed by atoms with Gasteiger partial charge in [-0.15, -0.1) is 0 Å². The van der Waals surface area contributed by atoms with Crippen molar-refractivity contribution in [1.29, 1.82) is 0 Å². The Morgan fingerprint density at radius 3 is 2.94 bits per heavy atom. The Labute approximate surface area is 107 Å². The third-order valence-electron chi connectivity index (χ3n) is 3.16. The van der Waals surface area contributed by atoms with Crippen LogP contribution in [0.15, 0.2) is 29.3 Å². The molecule has 0 spiro atoms. The van der Waals surface area contributed by atoms with Gasteiger partial charge in [0.25, 0.3) is 0 Å². The van der Waals surface area contributed by atoms with Crippen LogP contribution in [0.5, 0.6) is 0 Å². The molecule has 1 amide bonds. The van der Waals surface area contributed by atoms with Crippen molar-refractivity contribution in [2.75, 3.05) is 12.0 Å². The van der Waals surface area contributed by atoms with Gasteiger partial charge in [-0.1, -0.05) is 18.2 Å². The molecule has 1 unspecified atom stereocenters. The molecule has 18 heavy (non-hydrogen) atoms. The molecule has 2 rings (SSSR count). The summed E-state index contributed by atoms with van der Waals surface area (Å²) in [6, 6.07) is 7.97. The van der Waals surface area contributed by atoms with Crippen LogP contribution in [0.2, 0.25) is 0 Å².